The zero-order valence-electron chi connectivity index (χ0n) is 13.1. The number of halogens is 3. The van der Waals surface area contributed by atoms with Crippen LogP contribution in [-0.4, -0.2) is 30.0 Å². The molecule has 2 N–H and O–H groups in total. The van der Waals surface area contributed by atoms with Crippen molar-refractivity contribution in [3.8, 4) is 0 Å². The SMILES string of the molecule is CCN[C@H](C)CNC(=O)CCc1nc2cc(Br)ccc2s1.Cl.Cl. The van der Waals surface area contributed by atoms with Crippen molar-refractivity contribution in [3.63, 3.8) is 0 Å². The molecule has 1 aromatic heterocycles. The first-order chi connectivity index (χ1) is 10.1. The number of benzene rings is 1. The van der Waals surface area contributed by atoms with E-state index >= 15 is 0 Å². The van der Waals surface area contributed by atoms with Crippen molar-refractivity contribution >= 4 is 68.2 Å². The zero-order chi connectivity index (χ0) is 15.2. The third-order valence-corrected chi connectivity index (χ3v) is 4.71. The third-order valence-electron chi connectivity index (χ3n) is 3.12. The summed E-state index contributed by atoms with van der Waals surface area (Å²) in [5, 5.41) is 7.23. The molecule has 1 atom stereocenters. The number of amides is 1. The first-order valence-corrected chi connectivity index (χ1v) is 8.74. The van der Waals surface area contributed by atoms with Crippen LogP contribution in [0.15, 0.2) is 22.7 Å². The van der Waals surface area contributed by atoms with Gasteiger partial charge >= 0.3 is 0 Å². The highest BCUT2D eigenvalue weighted by Crippen LogP contribution is 2.25. The molecule has 0 aliphatic rings. The summed E-state index contributed by atoms with van der Waals surface area (Å²) in [7, 11) is 0. The predicted molar refractivity (Wildman–Crippen MR) is 106 cm³/mol. The van der Waals surface area contributed by atoms with Crippen molar-refractivity contribution in [2.24, 2.45) is 0 Å². The molecule has 1 heterocycles. The van der Waals surface area contributed by atoms with Crippen molar-refractivity contribution in [2.75, 3.05) is 13.1 Å². The molecule has 2 rings (SSSR count). The van der Waals surface area contributed by atoms with Gasteiger partial charge in [0, 0.05) is 29.9 Å². The van der Waals surface area contributed by atoms with Crippen molar-refractivity contribution < 1.29 is 4.79 Å². The molecule has 130 valence electrons. The average molecular weight is 443 g/mol. The molecular weight excluding hydrogens is 421 g/mol. The Balaban J connectivity index is 0.00000242. The number of aryl methyl sites for hydroxylation is 1. The molecule has 8 heteroatoms. The minimum Gasteiger partial charge on any atom is -0.355 e. The van der Waals surface area contributed by atoms with Gasteiger partial charge in [-0.1, -0.05) is 22.9 Å². The van der Waals surface area contributed by atoms with Crippen LogP contribution in [0.4, 0.5) is 0 Å². The molecule has 1 aromatic carbocycles. The number of fused-ring (bicyclic) bond motifs is 1. The van der Waals surface area contributed by atoms with E-state index < -0.39 is 0 Å². The van der Waals surface area contributed by atoms with Crippen LogP contribution in [0, 0.1) is 0 Å². The summed E-state index contributed by atoms with van der Waals surface area (Å²) in [6.07, 6.45) is 1.18. The number of aromatic nitrogens is 1. The summed E-state index contributed by atoms with van der Waals surface area (Å²) in [6.45, 7) is 5.71. The quantitative estimate of drug-likeness (QED) is 0.682. The third kappa shape index (κ3) is 7.35. The molecule has 0 saturated heterocycles. The van der Waals surface area contributed by atoms with Crippen LogP contribution in [0.2, 0.25) is 0 Å². The van der Waals surface area contributed by atoms with E-state index in [1.807, 2.05) is 12.1 Å². The lowest BCUT2D eigenvalue weighted by atomic mass is 10.3. The summed E-state index contributed by atoms with van der Waals surface area (Å²) < 4.78 is 2.19. The fourth-order valence-corrected chi connectivity index (χ4v) is 3.35. The van der Waals surface area contributed by atoms with Gasteiger partial charge in [0.05, 0.1) is 15.2 Å². The molecule has 23 heavy (non-hydrogen) atoms. The smallest absolute Gasteiger partial charge is 0.220 e. The van der Waals surface area contributed by atoms with Gasteiger partial charge in [0.1, 0.15) is 0 Å². The molecule has 0 saturated carbocycles. The minimum atomic E-state index is 0. The fraction of sp³-hybridized carbons (Fsp3) is 0.467. The number of rotatable bonds is 7. The number of nitrogens with one attached hydrogen (secondary N) is 2. The largest absolute Gasteiger partial charge is 0.355 e. The molecule has 0 aliphatic carbocycles. The predicted octanol–water partition coefficient (Wildman–Crippen LogP) is 3.95. The standard InChI is InChI=1S/C15H20BrN3OS.2ClH/c1-3-17-10(2)9-18-14(20)6-7-15-19-12-8-11(16)4-5-13(12)21-15;;/h4-5,8,10,17H,3,6-7,9H2,1-2H3,(H,18,20);2*1H/t10-;;/m1../s1. The van der Waals surface area contributed by atoms with Gasteiger partial charge < -0.3 is 10.6 Å². The summed E-state index contributed by atoms with van der Waals surface area (Å²) in [5.74, 6) is 0.0835. The van der Waals surface area contributed by atoms with Crippen molar-refractivity contribution in [2.45, 2.75) is 32.7 Å². The number of carbonyl (C=O) groups is 1. The van der Waals surface area contributed by atoms with Crippen LogP contribution in [0.1, 0.15) is 25.3 Å². The molecule has 0 spiro atoms. The number of carbonyl (C=O) groups excluding carboxylic acids is 1. The minimum absolute atomic E-state index is 0. The Labute approximate surface area is 161 Å². The maximum Gasteiger partial charge on any atom is 0.220 e. The van der Waals surface area contributed by atoms with Gasteiger partial charge in [-0.05, 0) is 31.7 Å². The number of nitrogens with zero attached hydrogens (tertiary/aromatic N) is 1. The Hall–Kier alpha value is -0.400. The highest BCUT2D eigenvalue weighted by Gasteiger charge is 2.08. The average Bonchev–Trinajstić information content (AvgIpc) is 2.85. The van der Waals surface area contributed by atoms with Crippen LogP contribution in [0.5, 0.6) is 0 Å². The Morgan fingerprint density at radius 2 is 2.13 bits per heavy atom. The van der Waals surface area contributed by atoms with Gasteiger partial charge in [0.25, 0.3) is 0 Å². The normalized spacial score (nSPS) is 11.4. The second-order valence-electron chi connectivity index (χ2n) is 4.98. The highest BCUT2D eigenvalue weighted by atomic mass is 79.9. The van der Waals surface area contributed by atoms with Crippen molar-refractivity contribution in [3.05, 3.63) is 27.7 Å². The van der Waals surface area contributed by atoms with Crippen LogP contribution in [0.3, 0.4) is 0 Å². The lowest BCUT2D eigenvalue weighted by Crippen LogP contribution is -2.38. The molecular formula is C15H22BrCl2N3OS. The lowest BCUT2D eigenvalue weighted by molar-refractivity contribution is -0.121. The molecule has 4 nitrogen and oxygen atoms in total. The van der Waals surface area contributed by atoms with Crippen molar-refractivity contribution in [1.29, 1.82) is 0 Å². The number of thiazole rings is 1. The first-order valence-electron chi connectivity index (χ1n) is 7.13. The van der Waals surface area contributed by atoms with Gasteiger partial charge in [-0.25, -0.2) is 4.98 Å². The Bertz CT molecular complexity index is 624. The van der Waals surface area contributed by atoms with Crippen LogP contribution in [-0.2, 0) is 11.2 Å². The van der Waals surface area contributed by atoms with Crippen molar-refractivity contribution in [1.82, 2.24) is 15.6 Å². The monoisotopic (exact) mass is 441 g/mol. The van der Waals surface area contributed by atoms with E-state index in [1.165, 1.54) is 0 Å². The molecule has 0 aliphatic heterocycles. The summed E-state index contributed by atoms with van der Waals surface area (Å²) >= 11 is 5.10. The van der Waals surface area contributed by atoms with E-state index in [0.717, 1.165) is 26.2 Å². The zero-order valence-corrected chi connectivity index (χ0v) is 17.1. The number of likely N-dealkylation sites (N-methyl/N-ethyl adjacent to an activating group) is 1. The molecule has 1 amide bonds. The molecule has 0 unspecified atom stereocenters. The van der Waals surface area contributed by atoms with Gasteiger partial charge in [-0.3, -0.25) is 4.79 Å². The summed E-state index contributed by atoms with van der Waals surface area (Å²) in [6, 6.07) is 6.38. The summed E-state index contributed by atoms with van der Waals surface area (Å²) in [5.41, 5.74) is 0.991. The van der Waals surface area contributed by atoms with Crippen LogP contribution < -0.4 is 10.6 Å². The summed E-state index contributed by atoms with van der Waals surface area (Å²) in [4.78, 5) is 16.4. The Morgan fingerprint density at radius 3 is 2.83 bits per heavy atom. The Kier molecular flexibility index (Phi) is 11.0. The van der Waals surface area contributed by atoms with Crippen LogP contribution in [0.25, 0.3) is 10.2 Å². The maximum atomic E-state index is 11.8. The van der Waals surface area contributed by atoms with E-state index in [1.54, 1.807) is 11.3 Å². The highest BCUT2D eigenvalue weighted by molar-refractivity contribution is 9.10. The van der Waals surface area contributed by atoms with E-state index in [2.05, 4.69) is 51.5 Å². The molecule has 2 aromatic rings. The van der Waals surface area contributed by atoms with E-state index in [4.69, 9.17) is 0 Å². The van der Waals surface area contributed by atoms with Gasteiger partial charge in [-0.15, -0.1) is 36.2 Å². The van der Waals surface area contributed by atoms with Gasteiger partial charge in [0.15, 0.2) is 0 Å². The molecule has 0 radical (unpaired) electrons. The van der Waals surface area contributed by atoms with Crippen LogP contribution >= 0.6 is 52.1 Å². The molecule has 0 bridgehead atoms. The topological polar surface area (TPSA) is 54.0 Å². The van der Waals surface area contributed by atoms with Gasteiger partial charge in [0.2, 0.25) is 5.91 Å². The Morgan fingerprint density at radius 1 is 1.39 bits per heavy atom. The van der Waals surface area contributed by atoms with E-state index in [9.17, 15) is 4.79 Å². The van der Waals surface area contributed by atoms with E-state index in [0.29, 0.717) is 25.4 Å². The fourth-order valence-electron chi connectivity index (χ4n) is 2.05. The molecule has 0 fully saturated rings. The lowest BCUT2D eigenvalue weighted by Gasteiger charge is -2.12. The van der Waals surface area contributed by atoms with E-state index in [-0.39, 0.29) is 30.7 Å². The maximum absolute atomic E-state index is 11.8. The first kappa shape index (κ1) is 22.6. The second-order valence-corrected chi connectivity index (χ2v) is 7.01. The van der Waals surface area contributed by atoms with Gasteiger partial charge in [-0.2, -0.15) is 0 Å². The number of hydrogen-bond acceptors (Lipinski definition) is 4. The number of hydrogen-bond donors (Lipinski definition) is 2. The second kappa shape index (κ2) is 11.2.